The van der Waals surface area contributed by atoms with E-state index < -0.39 is 0 Å². The maximum absolute atomic E-state index is 13.3. The maximum atomic E-state index is 13.3. The van der Waals surface area contributed by atoms with E-state index in [1.165, 1.54) is 11.3 Å². The molecule has 0 unspecified atom stereocenters. The number of amides is 3. The van der Waals surface area contributed by atoms with Crippen LogP contribution in [0.2, 0.25) is 0 Å². The van der Waals surface area contributed by atoms with Crippen LogP contribution in [0.5, 0.6) is 17.2 Å². The first-order valence-corrected chi connectivity index (χ1v) is 12.0. The molecule has 0 spiro atoms. The molecule has 1 atom stereocenters. The number of benzene rings is 2. The van der Waals surface area contributed by atoms with Gasteiger partial charge in [-0.3, -0.25) is 4.79 Å². The number of aromatic nitrogens is 1. The molecule has 0 aliphatic carbocycles. The monoisotopic (exact) mass is 496 g/mol. The molecular weight excluding hydrogens is 468 g/mol. The number of methoxy groups -OCH3 is 3. The Hall–Kier alpha value is -3.79. The number of rotatable bonds is 8. The Morgan fingerprint density at radius 1 is 1.09 bits per heavy atom. The summed E-state index contributed by atoms with van der Waals surface area (Å²) in [6, 6.07) is 11.0. The lowest BCUT2D eigenvalue weighted by molar-refractivity contribution is -0.116. The van der Waals surface area contributed by atoms with E-state index >= 15 is 0 Å². The summed E-state index contributed by atoms with van der Waals surface area (Å²) in [5.41, 5.74) is 3.00. The van der Waals surface area contributed by atoms with Crippen molar-refractivity contribution in [2.24, 2.45) is 0 Å². The van der Waals surface area contributed by atoms with E-state index in [9.17, 15) is 9.59 Å². The second-order valence-electron chi connectivity index (χ2n) is 7.89. The number of carbonyl (C=O) groups excluding carboxylic acids is 2. The van der Waals surface area contributed by atoms with E-state index in [1.54, 1.807) is 37.8 Å². The van der Waals surface area contributed by atoms with Gasteiger partial charge < -0.3 is 29.7 Å². The number of nitrogens with one attached hydrogen (secondary N) is 2. The lowest BCUT2D eigenvalue weighted by atomic mass is 9.87. The van der Waals surface area contributed by atoms with Crippen molar-refractivity contribution in [1.29, 1.82) is 0 Å². The van der Waals surface area contributed by atoms with Crippen molar-refractivity contribution in [3.63, 3.8) is 0 Å². The van der Waals surface area contributed by atoms with E-state index in [4.69, 9.17) is 14.2 Å². The zero-order chi connectivity index (χ0) is 24.8. The maximum Gasteiger partial charge on any atom is 0.318 e. The molecule has 1 aromatic heterocycles. The molecule has 0 fully saturated rings. The van der Waals surface area contributed by atoms with Gasteiger partial charge in [0.05, 0.1) is 27.4 Å². The molecule has 10 heteroatoms. The van der Waals surface area contributed by atoms with Crippen LogP contribution in [0, 0.1) is 0 Å². The summed E-state index contributed by atoms with van der Waals surface area (Å²) in [7, 11) is 4.82. The van der Waals surface area contributed by atoms with E-state index in [0.29, 0.717) is 29.6 Å². The fourth-order valence-electron chi connectivity index (χ4n) is 4.16. The third kappa shape index (κ3) is 5.48. The number of nitrogens with zero attached hydrogens (tertiary/aromatic N) is 2. The molecular formula is C25H28N4O5S. The molecule has 184 valence electrons. The van der Waals surface area contributed by atoms with Crippen molar-refractivity contribution >= 4 is 28.4 Å². The van der Waals surface area contributed by atoms with Gasteiger partial charge in [-0.1, -0.05) is 12.1 Å². The Morgan fingerprint density at radius 3 is 2.49 bits per heavy atom. The van der Waals surface area contributed by atoms with Crippen LogP contribution < -0.4 is 24.8 Å². The van der Waals surface area contributed by atoms with Gasteiger partial charge in [0.2, 0.25) is 5.91 Å². The van der Waals surface area contributed by atoms with Gasteiger partial charge >= 0.3 is 6.03 Å². The second-order valence-corrected chi connectivity index (χ2v) is 8.79. The number of fused-ring (bicyclic) bond motifs is 1. The van der Waals surface area contributed by atoms with Crippen LogP contribution in [0.25, 0.3) is 0 Å². The number of hydrogen-bond donors (Lipinski definition) is 2. The molecule has 0 saturated carbocycles. The van der Waals surface area contributed by atoms with Crippen LogP contribution in [-0.2, 0) is 11.2 Å². The predicted octanol–water partition coefficient (Wildman–Crippen LogP) is 3.85. The van der Waals surface area contributed by atoms with Gasteiger partial charge in [0.15, 0.2) is 16.6 Å². The average molecular weight is 497 g/mol. The first kappa shape index (κ1) is 24.3. The predicted molar refractivity (Wildman–Crippen MR) is 134 cm³/mol. The molecule has 2 aromatic carbocycles. The molecule has 35 heavy (non-hydrogen) atoms. The van der Waals surface area contributed by atoms with E-state index in [1.807, 2.05) is 36.4 Å². The van der Waals surface area contributed by atoms with E-state index in [-0.39, 0.29) is 30.9 Å². The van der Waals surface area contributed by atoms with Gasteiger partial charge in [0, 0.05) is 31.1 Å². The lowest BCUT2D eigenvalue weighted by Crippen LogP contribution is -2.46. The number of hydrogen-bond acceptors (Lipinski definition) is 7. The highest BCUT2D eigenvalue weighted by molar-refractivity contribution is 7.13. The number of thiazole rings is 1. The quantitative estimate of drug-likeness (QED) is 0.491. The molecule has 0 saturated heterocycles. The molecule has 3 aromatic rings. The zero-order valence-corrected chi connectivity index (χ0v) is 20.7. The minimum Gasteiger partial charge on any atom is -0.497 e. The Balaban J connectivity index is 1.55. The van der Waals surface area contributed by atoms with Crippen molar-refractivity contribution in [3.8, 4) is 17.2 Å². The summed E-state index contributed by atoms with van der Waals surface area (Å²) in [5.74, 6) is 1.79. The van der Waals surface area contributed by atoms with Crippen molar-refractivity contribution in [2.75, 3.05) is 39.7 Å². The Bertz CT molecular complexity index is 1170. The highest BCUT2D eigenvalue weighted by atomic mass is 32.1. The van der Waals surface area contributed by atoms with Crippen LogP contribution in [0.4, 0.5) is 9.93 Å². The van der Waals surface area contributed by atoms with Gasteiger partial charge in [0.1, 0.15) is 5.75 Å². The minimum atomic E-state index is -0.339. The van der Waals surface area contributed by atoms with Crippen LogP contribution in [0.3, 0.4) is 0 Å². The van der Waals surface area contributed by atoms with Gasteiger partial charge in [-0.15, -0.1) is 11.3 Å². The van der Waals surface area contributed by atoms with Crippen molar-refractivity contribution < 1.29 is 23.8 Å². The Kier molecular flexibility index (Phi) is 7.71. The summed E-state index contributed by atoms with van der Waals surface area (Å²) in [5, 5.41) is 7.95. The molecule has 3 amide bonds. The third-order valence-electron chi connectivity index (χ3n) is 5.87. The molecule has 0 bridgehead atoms. The standard InChI is InChI=1S/C25H28N4O5S/c1-32-18-6-4-16(5-7-18)23-19-15-21(34-3)20(33-2)14-17(19)9-12-29(23)25(31)27-10-8-22(30)28-24-26-11-13-35-24/h4-7,11,13-15,23H,8-10,12H2,1-3H3,(H,27,31)(H,26,28,30)/t23-/m1/s1. The number of carbonyl (C=O) groups is 2. The lowest BCUT2D eigenvalue weighted by Gasteiger charge is -2.38. The zero-order valence-electron chi connectivity index (χ0n) is 19.9. The Labute approximate surface area is 208 Å². The molecule has 0 radical (unpaired) electrons. The summed E-state index contributed by atoms with van der Waals surface area (Å²) < 4.78 is 16.3. The van der Waals surface area contributed by atoms with Crippen molar-refractivity contribution in [1.82, 2.24) is 15.2 Å². The molecule has 4 rings (SSSR count). The van der Waals surface area contributed by atoms with Gasteiger partial charge in [-0.2, -0.15) is 0 Å². The second kappa shape index (κ2) is 11.1. The summed E-state index contributed by atoms with van der Waals surface area (Å²) in [6.45, 7) is 0.719. The fraction of sp³-hybridized carbons (Fsp3) is 0.320. The SMILES string of the molecule is COc1ccc([C@@H]2c3cc(OC)c(OC)cc3CCN2C(=O)NCCC(=O)Nc2nccs2)cc1. The van der Waals surface area contributed by atoms with Gasteiger partial charge in [-0.05, 0) is 47.4 Å². The number of ether oxygens (including phenoxy) is 3. The van der Waals surface area contributed by atoms with Crippen molar-refractivity contribution in [2.45, 2.75) is 18.9 Å². The van der Waals surface area contributed by atoms with E-state index in [2.05, 4.69) is 15.6 Å². The Morgan fingerprint density at radius 2 is 1.83 bits per heavy atom. The summed E-state index contributed by atoms with van der Waals surface area (Å²) in [6.07, 6.45) is 2.44. The summed E-state index contributed by atoms with van der Waals surface area (Å²) in [4.78, 5) is 31.3. The van der Waals surface area contributed by atoms with Crippen LogP contribution in [0.15, 0.2) is 48.0 Å². The largest absolute Gasteiger partial charge is 0.497 e. The fourth-order valence-corrected chi connectivity index (χ4v) is 4.71. The first-order chi connectivity index (χ1) is 17.0. The number of anilines is 1. The van der Waals surface area contributed by atoms with Crippen LogP contribution >= 0.6 is 11.3 Å². The van der Waals surface area contributed by atoms with Gasteiger partial charge in [-0.25, -0.2) is 9.78 Å². The van der Waals surface area contributed by atoms with Crippen molar-refractivity contribution in [3.05, 3.63) is 64.7 Å². The van der Waals surface area contributed by atoms with Crippen LogP contribution in [-0.4, -0.2) is 56.2 Å². The third-order valence-corrected chi connectivity index (χ3v) is 6.56. The van der Waals surface area contributed by atoms with E-state index in [0.717, 1.165) is 22.4 Å². The highest BCUT2D eigenvalue weighted by Gasteiger charge is 2.33. The molecule has 9 nitrogen and oxygen atoms in total. The topological polar surface area (TPSA) is 102 Å². The van der Waals surface area contributed by atoms with Crippen LogP contribution in [0.1, 0.15) is 29.2 Å². The normalized spacial score (nSPS) is 14.6. The molecule has 2 heterocycles. The highest BCUT2D eigenvalue weighted by Crippen LogP contribution is 2.41. The minimum absolute atomic E-state index is 0.147. The first-order valence-electron chi connectivity index (χ1n) is 11.2. The number of urea groups is 1. The molecule has 1 aliphatic rings. The average Bonchev–Trinajstić information content (AvgIpc) is 3.40. The molecule has 2 N–H and O–H groups in total. The molecule has 1 aliphatic heterocycles. The van der Waals surface area contributed by atoms with Gasteiger partial charge in [0.25, 0.3) is 0 Å². The smallest absolute Gasteiger partial charge is 0.318 e. The summed E-state index contributed by atoms with van der Waals surface area (Å²) >= 11 is 1.35.